The summed E-state index contributed by atoms with van der Waals surface area (Å²) in [5.41, 5.74) is -1.24. The number of alkyl halides is 3. The van der Waals surface area contributed by atoms with Gasteiger partial charge in [0.2, 0.25) is 5.91 Å². The molecule has 1 aliphatic heterocycles. The van der Waals surface area contributed by atoms with Gasteiger partial charge in [-0.3, -0.25) is 14.9 Å². The number of carbonyl (C=O) groups is 3. The SMILES string of the molecule is CC(Cc1ccc(C(F)(F)F)cc1)C(=O)NCC1(C2CC2)NC(=O)NC1=O. The molecule has 27 heavy (non-hydrogen) atoms. The van der Waals surface area contributed by atoms with Crippen molar-refractivity contribution in [2.45, 2.75) is 37.9 Å². The van der Waals surface area contributed by atoms with E-state index in [1.807, 2.05) is 0 Å². The lowest BCUT2D eigenvalue weighted by Gasteiger charge is -2.27. The molecule has 2 aliphatic rings. The number of imide groups is 1. The van der Waals surface area contributed by atoms with Crippen LogP contribution < -0.4 is 16.0 Å². The lowest BCUT2D eigenvalue weighted by Crippen LogP contribution is -2.57. The largest absolute Gasteiger partial charge is 0.416 e. The molecule has 3 N–H and O–H groups in total. The first kappa shape index (κ1) is 19.2. The van der Waals surface area contributed by atoms with Gasteiger partial charge < -0.3 is 10.6 Å². The molecule has 1 aromatic rings. The van der Waals surface area contributed by atoms with Crippen molar-refractivity contribution in [2.24, 2.45) is 11.8 Å². The van der Waals surface area contributed by atoms with Gasteiger partial charge in [0, 0.05) is 5.92 Å². The second-order valence-electron chi connectivity index (χ2n) is 7.17. The first-order valence-corrected chi connectivity index (χ1v) is 8.69. The van der Waals surface area contributed by atoms with E-state index in [2.05, 4.69) is 16.0 Å². The number of carbonyl (C=O) groups excluding carboxylic acids is 3. The average Bonchev–Trinajstić information content (AvgIpc) is 3.39. The highest BCUT2D eigenvalue weighted by molar-refractivity contribution is 6.07. The molecule has 2 unspecified atom stereocenters. The quantitative estimate of drug-likeness (QED) is 0.657. The zero-order valence-corrected chi connectivity index (χ0v) is 14.7. The van der Waals surface area contributed by atoms with Gasteiger partial charge in [-0.25, -0.2) is 4.79 Å². The third-order valence-electron chi connectivity index (χ3n) is 5.06. The van der Waals surface area contributed by atoms with E-state index in [1.165, 1.54) is 12.1 Å². The molecule has 0 spiro atoms. The van der Waals surface area contributed by atoms with Gasteiger partial charge >= 0.3 is 12.2 Å². The fraction of sp³-hybridized carbons (Fsp3) is 0.500. The minimum Gasteiger partial charge on any atom is -0.353 e. The molecule has 1 aliphatic carbocycles. The molecule has 0 aromatic heterocycles. The van der Waals surface area contributed by atoms with Crippen LogP contribution in [-0.4, -0.2) is 29.9 Å². The Morgan fingerprint density at radius 2 is 1.89 bits per heavy atom. The summed E-state index contributed by atoms with van der Waals surface area (Å²) in [6, 6.07) is 4.10. The molecule has 9 heteroatoms. The molecule has 146 valence electrons. The Labute approximate surface area is 153 Å². The Bertz CT molecular complexity index is 759. The van der Waals surface area contributed by atoms with Gasteiger partial charge in [-0.1, -0.05) is 19.1 Å². The lowest BCUT2D eigenvalue weighted by molar-refractivity contribution is -0.137. The molecular formula is C18H20F3N3O3. The number of amides is 4. The maximum absolute atomic E-state index is 12.6. The highest BCUT2D eigenvalue weighted by atomic mass is 19.4. The van der Waals surface area contributed by atoms with Crippen LogP contribution in [0.1, 0.15) is 30.9 Å². The van der Waals surface area contributed by atoms with Gasteiger partial charge in [0.25, 0.3) is 5.91 Å². The van der Waals surface area contributed by atoms with E-state index in [0.29, 0.717) is 5.56 Å². The van der Waals surface area contributed by atoms with Gasteiger partial charge in [0.05, 0.1) is 12.1 Å². The fourth-order valence-corrected chi connectivity index (χ4v) is 3.31. The normalized spacial score (nSPS) is 23.6. The molecule has 4 amide bonds. The summed E-state index contributed by atoms with van der Waals surface area (Å²) < 4.78 is 37.8. The third-order valence-corrected chi connectivity index (χ3v) is 5.06. The number of nitrogens with one attached hydrogen (secondary N) is 3. The lowest BCUT2D eigenvalue weighted by atomic mass is 9.92. The Morgan fingerprint density at radius 1 is 1.26 bits per heavy atom. The average molecular weight is 383 g/mol. The molecule has 1 heterocycles. The molecular weight excluding hydrogens is 363 g/mol. The van der Waals surface area contributed by atoms with Gasteiger partial charge in [0.1, 0.15) is 5.54 Å². The summed E-state index contributed by atoms with van der Waals surface area (Å²) >= 11 is 0. The van der Waals surface area contributed by atoms with E-state index in [1.54, 1.807) is 6.92 Å². The minimum absolute atomic E-state index is 0.00512. The smallest absolute Gasteiger partial charge is 0.353 e. The summed E-state index contributed by atoms with van der Waals surface area (Å²) in [6.07, 6.45) is -2.54. The first-order valence-electron chi connectivity index (χ1n) is 8.69. The van der Waals surface area contributed by atoms with E-state index >= 15 is 0 Å². The third kappa shape index (κ3) is 4.06. The zero-order valence-electron chi connectivity index (χ0n) is 14.7. The van der Waals surface area contributed by atoms with Crippen molar-refractivity contribution in [3.8, 4) is 0 Å². The van der Waals surface area contributed by atoms with E-state index in [0.717, 1.165) is 25.0 Å². The van der Waals surface area contributed by atoms with Crippen LogP contribution in [0.4, 0.5) is 18.0 Å². The minimum atomic E-state index is -4.40. The molecule has 0 bridgehead atoms. The number of halogens is 3. The van der Waals surface area contributed by atoms with Gasteiger partial charge in [-0.2, -0.15) is 13.2 Å². The van der Waals surface area contributed by atoms with Crippen LogP contribution in [0.5, 0.6) is 0 Å². The Hall–Kier alpha value is -2.58. The summed E-state index contributed by atoms with van der Waals surface area (Å²) in [4.78, 5) is 36.0. The summed E-state index contributed by atoms with van der Waals surface area (Å²) in [5.74, 6) is -1.28. The van der Waals surface area contributed by atoms with Crippen molar-refractivity contribution >= 4 is 17.8 Å². The van der Waals surface area contributed by atoms with Crippen LogP contribution in [0.25, 0.3) is 0 Å². The van der Waals surface area contributed by atoms with Gasteiger partial charge in [-0.05, 0) is 42.9 Å². The monoisotopic (exact) mass is 383 g/mol. The van der Waals surface area contributed by atoms with Crippen LogP contribution in [0.3, 0.4) is 0 Å². The van der Waals surface area contributed by atoms with Crippen molar-refractivity contribution in [1.82, 2.24) is 16.0 Å². The fourth-order valence-electron chi connectivity index (χ4n) is 3.31. The van der Waals surface area contributed by atoms with Crippen molar-refractivity contribution in [3.63, 3.8) is 0 Å². The van der Waals surface area contributed by atoms with Crippen LogP contribution in [0.2, 0.25) is 0 Å². The van der Waals surface area contributed by atoms with E-state index in [4.69, 9.17) is 0 Å². The molecule has 2 atom stereocenters. The van der Waals surface area contributed by atoms with Crippen LogP contribution >= 0.6 is 0 Å². The second kappa shape index (κ2) is 6.86. The molecule has 1 saturated heterocycles. The summed E-state index contributed by atoms with van der Waals surface area (Å²) in [6.45, 7) is 1.65. The Kier molecular flexibility index (Phi) is 4.88. The van der Waals surface area contributed by atoms with Crippen molar-refractivity contribution in [1.29, 1.82) is 0 Å². The molecule has 1 aromatic carbocycles. The first-order chi connectivity index (χ1) is 12.6. The highest BCUT2D eigenvalue weighted by Gasteiger charge is 2.56. The summed E-state index contributed by atoms with van der Waals surface area (Å²) in [5, 5.41) is 7.53. The Morgan fingerprint density at radius 3 is 2.37 bits per heavy atom. The second-order valence-corrected chi connectivity index (χ2v) is 7.17. The highest BCUT2D eigenvalue weighted by Crippen LogP contribution is 2.41. The molecule has 6 nitrogen and oxygen atoms in total. The topological polar surface area (TPSA) is 87.3 Å². The van der Waals surface area contributed by atoms with Crippen molar-refractivity contribution in [3.05, 3.63) is 35.4 Å². The van der Waals surface area contributed by atoms with E-state index < -0.39 is 35.1 Å². The van der Waals surface area contributed by atoms with E-state index in [-0.39, 0.29) is 24.8 Å². The maximum Gasteiger partial charge on any atom is 0.416 e. The molecule has 1 saturated carbocycles. The predicted octanol–water partition coefficient (Wildman–Crippen LogP) is 1.99. The number of benzene rings is 1. The standard InChI is InChI=1S/C18H20F3N3O3/c1-10(8-11-2-4-13(5-3-11)18(19,20)21)14(25)22-9-17(12-6-7-12)15(26)23-16(27)24-17/h2-5,10,12H,6-9H2,1H3,(H,22,25)(H2,23,24,26,27). The maximum atomic E-state index is 12.6. The van der Waals surface area contributed by atoms with Gasteiger partial charge in [-0.15, -0.1) is 0 Å². The Balaban J connectivity index is 1.58. The number of rotatable bonds is 6. The van der Waals surface area contributed by atoms with Crippen molar-refractivity contribution < 1.29 is 27.6 Å². The zero-order chi connectivity index (χ0) is 19.8. The van der Waals surface area contributed by atoms with Crippen LogP contribution in [-0.2, 0) is 22.2 Å². The van der Waals surface area contributed by atoms with Crippen molar-refractivity contribution in [2.75, 3.05) is 6.54 Å². The summed E-state index contributed by atoms with van der Waals surface area (Å²) in [7, 11) is 0. The number of hydrogen-bond donors (Lipinski definition) is 3. The number of hydrogen-bond acceptors (Lipinski definition) is 3. The van der Waals surface area contributed by atoms with Crippen LogP contribution in [0, 0.1) is 11.8 Å². The van der Waals surface area contributed by atoms with Crippen LogP contribution in [0.15, 0.2) is 24.3 Å². The van der Waals surface area contributed by atoms with E-state index in [9.17, 15) is 27.6 Å². The molecule has 0 radical (unpaired) electrons. The predicted molar refractivity (Wildman–Crippen MR) is 89.5 cm³/mol. The molecule has 3 rings (SSSR count). The molecule has 2 fully saturated rings. The van der Waals surface area contributed by atoms with Gasteiger partial charge in [0.15, 0.2) is 0 Å². The number of urea groups is 1.